The summed E-state index contributed by atoms with van der Waals surface area (Å²) >= 11 is 0. The standard InChI is InChI=1S/C16H24O3/c1-11-12(2)15(19-4)13(8-14(11)18-3)9-16(10-17)6-5-7-16/h8,17H,5-7,9-10H2,1-4H3. The number of aliphatic hydroxyl groups excluding tert-OH is 1. The Morgan fingerprint density at radius 1 is 1.16 bits per heavy atom. The molecule has 19 heavy (non-hydrogen) atoms. The van der Waals surface area contributed by atoms with Crippen molar-refractivity contribution in [2.75, 3.05) is 20.8 Å². The molecular weight excluding hydrogens is 240 g/mol. The average Bonchev–Trinajstić information content (AvgIpc) is 2.38. The van der Waals surface area contributed by atoms with E-state index < -0.39 is 0 Å². The fraction of sp³-hybridized carbons (Fsp3) is 0.625. The Morgan fingerprint density at radius 2 is 1.84 bits per heavy atom. The van der Waals surface area contributed by atoms with Gasteiger partial charge in [-0.2, -0.15) is 0 Å². The molecule has 1 saturated carbocycles. The minimum atomic E-state index is 0.0555. The number of ether oxygens (including phenoxy) is 2. The maximum absolute atomic E-state index is 9.64. The first-order chi connectivity index (χ1) is 9.06. The van der Waals surface area contributed by atoms with Crippen molar-refractivity contribution >= 4 is 0 Å². The monoisotopic (exact) mass is 264 g/mol. The van der Waals surface area contributed by atoms with E-state index in [0.717, 1.165) is 47.5 Å². The van der Waals surface area contributed by atoms with Crippen molar-refractivity contribution in [1.29, 1.82) is 0 Å². The predicted molar refractivity (Wildman–Crippen MR) is 76.1 cm³/mol. The maximum atomic E-state index is 9.64. The third-order valence-corrected chi connectivity index (χ3v) is 4.61. The Bertz CT molecular complexity index is 456. The molecule has 1 aliphatic rings. The number of hydrogen-bond acceptors (Lipinski definition) is 3. The van der Waals surface area contributed by atoms with Crippen LogP contribution in [0.15, 0.2) is 6.07 Å². The van der Waals surface area contributed by atoms with Crippen molar-refractivity contribution in [3.8, 4) is 11.5 Å². The first kappa shape index (κ1) is 14.2. The zero-order valence-corrected chi connectivity index (χ0v) is 12.4. The van der Waals surface area contributed by atoms with E-state index in [1.165, 1.54) is 6.42 Å². The zero-order chi connectivity index (χ0) is 14.0. The quantitative estimate of drug-likeness (QED) is 0.888. The predicted octanol–water partition coefficient (Wildman–Crippen LogP) is 3.03. The van der Waals surface area contributed by atoms with Crippen LogP contribution in [0.2, 0.25) is 0 Å². The van der Waals surface area contributed by atoms with Crippen molar-refractivity contribution in [2.45, 2.75) is 39.5 Å². The van der Waals surface area contributed by atoms with Crippen LogP contribution in [0, 0.1) is 19.3 Å². The van der Waals surface area contributed by atoms with Crippen LogP contribution in [0.1, 0.15) is 36.0 Å². The summed E-state index contributed by atoms with van der Waals surface area (Å²) < 4.78 is 11.0. The van der Waals surface area contributed by atoms with Crippen molar-refractivity contribution < 1.29 is 14.6 Å². The van der Waals surface area contributed by atoms with E-state index in [1.807, 2.05) is 6.92 Å². The Labute approximate surface area is 115 Å². The molecule has 0 aromatic heterocycles. The van der Waals surface area contributed by atoms with Crippen LogP contribution in [0.5, 0.6) is 11.5 Å². The maximum Gasteiger partial charge on any atom is 0.125 e. The van der Waals surface area contributed by atoms with E-state index in [9.17, 15) is 5.11 Å². The zero-order valence-electron chi connectivity index (χ0n) is 12.4. The number of rotatable bonds is 5. The van der Waals surface area contributed by atoms with Gasteiger partial charge in [0.15, 0.2) is 0 Å². The van der Waals surface area contributed by atoms with Crippen LogP contribution in [-0.2, 0) is 6.42 Å². The highest BCUT2D eigenvalue weighted by Crippen LogP contribution is 2.46. The number of benzene rings is 1. The molecule has 0 bridgehead atoms. The normalized spacial score (nSPS) is 16.9. The molecule has 1 aliphatic carbocycles. The average molecular weight is 264 g/mol. The van der Waals surface area contributed by atoms with Gasteiger partial charge in [0, 0.05) is 6.61 Å². The molecule has 0 unspecified atom stereocenters. The van der Waals surface area contributed by atoms with Crippen LogP contribution in [0.4, 0.5) is 0 Å². The van der Waals surface area contributed by atoms with Gasteiger partial charge in [-0.25, -0.2) is 0 Å². The molecular formula is C16H24O3. The summed E-state index contributed by atoms with van der Waals surface area (Å²) in [5, 5.41) is 9.64. The Morgan fingerprint density at radius 3 is 2.26 bits per heavy atom. The van der Waals surface area contributed by atoms with Gasteiger partial charge in [0.2, 0.25) is 0 Å². The molecule has 3 heteroatoms. The Hall–Kier alpha value is -1.22. The SMILES string of the molecule is COc1cc(CC2(CO)CCC2)c(OC)c(C)c1C. The third kappa shape index (κ3) is 2.44. The van der Waals surface area contributed by atoms with Crippen LogP contribution in [0.25, 0.3) is 0 Å². The van der Waals surface area contributed by atoms with Gasteiger partial charge < -0.3 is 14.6 Å². The summed E-state index contributed by atoms with van der Waals surface area (Å²) in [7, 11) is 3.41. The summed E-state index contributed by atoms with van der Waals surface area (Å²) in [5.74, 6) is 1.85. The van der Waals surface area contributed by atoms with Gasteiger partial charge in [-0.3, -0.25) is 0 Å². The summed E-state index contributed by atoms with van der Waals surface area (Å²) in [4.78, 5) is 0. The van der Waals surface area contributed by atoms with Gasteiger partial charge in [0.25, 0.3) is 0 Å². The van der Waals surface area contributed by atoms with Crippen LogP contribution >= 0.6 is 0 Å². The largest absolute Gasteiger partial charge is 0.496 e. The van der Waals surface area contributed by atoms with Crippen molar-refractivity contribution in [1.82, 2.24) is 0 Å². The topological polar surface area (TPSA) is 38.7 Å². The van der Waals surface area contributed by atoms with E-state index in [-0.39, 0.29) is 12.0 Å². The van der Waals surface area contributed by atoms with E-state index in [2.05, 4.69) is 13.0 Å². The summed E-state index contributed by atoms with van der Waals surface area (Å²) in [6.45, 7) is 4.36. The van der Waals surface area contributed by atoms with Gasteiger partial charge in [-0.1, -0.05) is 6.42 Å². The van der Waals surface area contributed by atoms with Gasteiger partial charge in [0.1, 0.15) is 11.5 Å². The lowest BCUT2D eigenvalue weighted by atomic mass is 9.66. The van der Waals surface area contributed by atoms with Crippen LogP contribution in [0.3, 0.4) is 0 Å². The fourth-order valence-corrected chi connectivity index (χ4v) is 3.03. The first-order valence-corrected chi connectivity index (χ1v) is 6.89. The Balaban J connectivity index is 2.40. The molecule has 0 atom stereocenters. The molecule has 1 aromatic carbocycles. The molecule has 1 aromatic rings. The molecule has 0 aliphatic heterocycles. The lowest BCUT2D eigenvalue weighted by Gasteiger charge is -2.41. The summed E-state index contributed by atoms with van der Waals surface area (Å²) in [6, 6.07) is 2.07. The summed E-state index contributed by atoms with van der Waals surface area (Å²) in [6.07, 6.45) is 4.28. The van der Waals surface area contributed by atoms with E-state index in [1.54, 1.807) is 14.2 Å². The molecule has 3 nitrogen and oxygen atoms in total. The second kappa shape index (κ2) is 5.41. The number of aliphatic hydroxyl groups is 1. The molecule has 0 amide bonds. The van der Waals surface area contributed by atoms with Gasteiger partial charge in [-0.05, 0) is 61.3 Å². The number of methoxy groups -OCH3 is 2. The van der Waals surface area contributed by atoms with E-state index in [0.29, 0.717) is 0 Å². The molecule has 2 rings (SSSR count). The third-order valence-electron chi connectivity index (χ3n) is 4.61. The number of hydrogen-bond donors (Lipinski definition) is 1. The van der Waals surface area contributed by atoms with E-state index >= 15 is 0 Å². The Kier molecular flexibility index (Phi) is 4.04. The first-order valence-electron chi connectivity index (χ1n) is 6.89. The van der Waals surface area contributed by atoms with Gasteiger partial charge in [0.05, 0.1) is 14.2 Å². The van der Waals surface area contributed by atoms with Crippen molar-refractivity contribution in [3.05, 3.63) is 22.8 Å². The van der Waals surface area contributed by atoms with Gasteiger partial charge in [-0.15, -0.1) is 0 Å². The highest BCUT2D eigenvalue weighted by molar-refractivity contribution is 5.53. The minimum Gasteiger partial charge on any atom is -0.496 e. The van der Waals surface area contributed by atoms with Crippen molar-refractivity contribution in [3.63, 3.8) is 0 Å². The molecule has 1 N–H and O–H groups in total. The van der Waals surface area contributed by atoms with Crippen LogP contribution in [-0.4, -0.2) is 25.9 Å². The molecule has 106 valence electrons. The van der Waals surface area contributed by atoms with Crippen molar-refractivity contribution in [2.24, 2.45) is 5.41 Å². The molecule has 0 spiro atoms. The highest BCUT2D eigenvalue weighted by atomic mass is 16.5. The summed E-state index contributed by atoms with van der Waals surface area (Å²) in [5.41, 5.74) is 3.45. The molecule has 1 fully saturated rings. The smallest absolute Gasteiger partial charge is 0.125 e. The van der Waals surface area contributed by atoms with E-state index in [4.69, 9.17) is 9.47 Å². The van der Waals surface area contributed by atoms with Gasteiger partial charge >= 0.3 is 0 Å². The lowest BCUT2D eigenvalue weighted by molar-refractivity contribution is 0.0444. The molecule has 0 heterocycles. The van der Waals surface area contributed by atoms with Crippen LogP contribution < -0.4 is 9.47 Å². The second-order valence-corrected chi connectivity index (χ2v) is 5.71. The lowest BCUT2D eigenvalue weighted by Crippen LogP contribution is -2.35. The minimum absolute atomic E-state index is 0.0555. The highest BCUT2D eigenvalue weighted by Gasteiger charge is 2.37. The molecule has 0 radical (unpaired) electrons. The molecule has 0 saturated heterocycles. The fourth-order valence-electron chi connectivity index (χ4n) is 3.03. The second-order valence-electron chi connectivity index (χ2n) is 5.71.